The van der Waals surface area contributed by atoms with Crippen LogP contribution in [0.25, 0.3) is 0 Å². The van der Waals surface area contributed by atoms with Crippen molar-refractivity contribution in [2.24, 2.45) is 11.7 Å². The van der Waals surface area contributed by atoms with Gasteiger partial charge in [-0.3, -0.25) is 0 Å². The van der Waals surface area contributed by atoms with Gasteiger partial charge in [-0.2, -0.15) is 0 Å². The number of likely N-dealkylation sites (tertiary alicyclic amines) is 1. The van der Waals surface area contributed by atoms with Crippen LogP contribution in [0.3, 0.4) is 0 Å². The molecule has 21 heavy (non-hydrogen) atoms. The Kier molecular flexibility index (Phi) is 6.00. The lowest BCUT2D eigenvalue weighted by molar-refractivity contribution is 0.121. The van der Waals surface area contributed by atoms with Gasteiger partial charge < -0.3 is 15.4 Å². The molecule has 2 rings (SSSR count). The molecule has 1 aromatic carbocycles. The third-order valence-electron chi connectivity index (χ3n) is 4.25. The molecule has 116 valence electrons. The molecule has 0 amide bonds. The maximum Gasteiger partial charge on any atom is 0.119 e. The van der Waals surface area contributed by atoms with E-state index in [4.69, 9.17) is 22.7 Å². The number of piperidine rings is 1. The molecule has 1 aromatic rings. The zero-order chi connectivity index (χ0) is 15.2. The van der Waals surface area contributed by atoms with Crippen molar-refractivity contribution in [3.63, 3.8) is 0 Å². The van der Waals surface area contributed by atoms with Gasteiger partial charge in [0, 0.05) is 18.2 Å². The molecular weight excluding hydrogens is 280 g/mol. The number of hydrogen-bond acceptors (Lipinski definition) is 3. The third-order valence-corrected chi connectivity index (χ3v) is 4.49. The van der Waals surface area contributed by atoms with Gasteiger partial charge in [0.2, 0.25) is 0 Å². The summed E-state index contributed by atoms with van der Waals surface area (Å²) in [7, 11) is 0. The van der Waals surface area contributed by atoms with Crippen LogP contribution in [0.5, 0.6) is 5.75 Å². The first kappa shape index (κ1) is 16.2. The van der Waals surface area contributed by atoms with Crippen molar-refractivity contribution in [2.45, 2.75) is 39.2 Å². The molecule has 0 spiro atoms. The second-order valence-electron chi connectivity index (χ2n) is 6.11. The minimum atomic E-state index is 0.414. The number of nitrogens with zero attached hydrogens (tertiary/aromatic N) is 1. The lowest BCUT2D eigenvalue weighted by atomic mass is 9.93. The maximum absolute atomic E-state index is 5.80. The van der Waals surface area contributed by atoms with E-state index in [9.17, 15) is 0 Å². The van der Waals surface area contributed by atoms with Crippen molar-refractivity contribution < 1.29 is 4.74 Å². The molecule has 1 fully saturated rings. The lowest BCUT2D eigenvalue weighted by Crippen LogP contribution is -2.41. The number of benzene rings is 1. The molecule has 1 heterocycles. The Hall–Kier alpha value is -1.13. The van der Waals surface area contributed by atoms with Crippen LogP contribution in [0.2, 0.25) is 0 Å². The fourth-order valence-corrected chi connectivity index (χ4v) is 3.11. The summed E-state index contributed by atoms with van der Waals surface area (Å²) in [5.41, 5.74) is 6.49. The average Bonchev–Trinajstić information content (AvgIpc) is 2.45. The predicted molar refractivity (Wildman–Crippen MR) is 91.9 cm³/mol. The highest BCUT2D eigenvalue weighted by atomic mass is 32.1. The van der Waals surface area contributed by atoms with Gasteiger partial charge in [-0.15, -0.1) is 0 Å². The maximum atomic E-state index is 5.80. The van der Waals surface area contributed by atoms with Crippen LogP contribution in [0.15, 0.2) is 24.3 Å². The van der Waals surface area contributed by atoms with Gasteiger partial charge in [0.05, 0.1) is 6.61 Å². The molecule has 1 saturated heterocycles. The average molecular weight is 306 g/mol. The smallest absolute Gasteiger partial charge is 0.119 e. The summed E-state index contributed by atoms with van der Waals surface area (Å²) in [6.07, 6.45) is 3.69. The molecule has 1 aliphatic rings. The monoisotopic (exact) mass is 306 g/mol. The summed E-state index contributed by atoms with van der Waals surface area (Å²) < 4.78 is 5.80. The molecule has 0 saturated carbocycles. The Balaban J connectivity index is 1.72. The summed E-state index contributed by atoms with van der Waals surface area (Å²) in [4.78, 5) is 2.99. The Labute approximate surface area is 133 Å². The molecule has 0 aromatic heterocycles. The number of thiocarbonyl (C=S) groups is 1. The van der Waals surface area contributed by atoms with Crippen LogP contribution < -0.4 is 10.5 Å². The minimum Gasteiger partial charge on any atom is -0.494 e. The van der Waals surface area contributed by atoms with Gasteiger partial charge >= 0.3 is 0 Å². The van der Waals surface area contributed by atoms with E-state index in [-0.39, 0.29) is 0 Å². The Bertz CT molecular complexity index is 478. The van der Waals surface area contributed by atoms with Gasteiger partial charge in [0.15, 0.2) is 0 Å². The summed E-state index contributed by atoms with van der Waals surface area (Å²) >= 11 is 4.98. The summed E-state index contributed by atoms with van der Waals surface area (Å²) in [6.45, 7) is 7.76. The van der Waals surface area contributed by atoms with E-state index in [0.29, 0.717) is 11.0 Å². The van der Waals surface area contributed by atoms with E-state index in [1.165, 1.54) is 19.4 Å². The van der Waals surface area contributed by atoms with Crippen LogP contribution in [-0.4, -0.2) is 35.6 Å². The molecular formula is C17H26N2OS. The topological polar surface area (TPSA) is 38.5 Å². The van der Waals surface area contributed by atoms with Gasteiger partial charge in [0.25, 0.3) is 0 Å². The fourth-order valence-electron chi connectivity index (χ4n) is 2.98. The van der Waals surface area contributed by atoms with E-state index in [2.05, 4.69) is 18.7 Å². The number of hydrogen-bond donors (Lipinski definition) is 1. The summed E-state index contributed by atoms with van der Waals surface area (Å²) in [5.74, 6) is 1.72. The molecule has 2 atom stereocenters. The van der Waals surface area contributed by atoms with Crippen LogP contribution in [0.4, 0.5) is 0 Å². The van der Waals surface area contributed by atoms with E-state index in [1.807, 2.05) is 24.3 Å². The van der Waals surface area contributed by atoms with Crippen molar-refractivity contribution in [1.29, 1.82) is 0 Å². The molecule has 4 heteroatoms. The fraction of sp³-hybridized carbons (Fsp3) is 0.588. The molecule has 2 unspecified atom stereocenters. The van der Waals surface area contributed by atoms with Crippen LogP contribution >= 0.6 is 12.2 Å². The summed E-state index contributed by atoms with van der Waals surface area (Å²) in [5, 5.41) is 0. The van der Waals surface area contributed by atoms with E-state index >= 15 is 0 Å². The van der Waals surface area contributed by atoms with Crippen LogP contribution in [0.1, 0.15) is 38.7 Å². The van der Waals surface area contributed by atoms with Gasteiger partial charge in [-0.25, -0.2) is 0 Å². The normalized spacial score (nSPS) is 23.0. The molecule has 0 aliphatic carbocycles. The van der Waals surface area contributed by atoms with E-state index in [1.54, 1.807) is 0 Å². The van der Waals surface area contributed by atoms with Crippen molar-refractivity contribution >= 4 is 17.2 Å². The van der Waals surface area contributed by atoms with Crippen LogP contribution in [0, 0.1) is 5.92 Å². The largest absolute Gasteiger partial charge is 0.494 e. The Morgan fingerprint density at radius 3 is 2.95 bits per heavy atom. The lowest BCUT2D eigenvalue weighted by Gasteiger charge is -2.36. The zero-order valence-electron chi connectivity index (χ0n) is 13.0. The van der Waals surface area contributed by atoms with Crippen molar-refractivity contribution in [3.8, 4) is 5.75 Å². The first-order valence-electron chi connectivity index (χ1n) is 7.83. The molecule has 0 bridgehead atoms. The molecule has 3 nitrogen and oxygen atoms in total. The predicted octanol–water partition coefficient (Wildman–Crippen LogP) is 3.21. The highest BCUT2D eigenvalue weighted by Crippen LogP contribution is 2.22. The SMILES string of the molecule is CC1CCN(CCCOc2cccc(C(N)=S)c2)C(C)C1. The molecule has 1 aliphatic heterocycles. The third kappa shape index (κ3) is 4.97. The Morgan fingerprint density at radius 2 is 2.24 bits per heavy atom. The van der Waals surface area contributed by atoms with Crippen LogP contribution in [-0.2, 0) is 0 Å². The standard InChI is InChI=1S/C17H26N2OS/c1-13-7-9-19(14(2)11-13)8-4-10-20-16-6-3-5-15(12-16)17(18)21/h3,5-6,12-14H,4,7-11H2,1-2H3,(H2,18,21). The van der Waals surface area contributed by atoms with Crippen molar-refractivity contribution in [2.75, 3.05) is 19.7 Å². The second kappa shape index (κ2) is 7.76. The first-order valence-corrected chi connectivity index (χ1v) is 8.24. The highest BCUT2D eigenvalue weighted by molar-refractivity contribution is 7.80. The van der Waals surface area contributed by atoms with Gasteiger partial charge in [-0.1, -0.05) is 31.3 Å². The van der Waals surface area contributed by atoms with Crippen molar-refractivity contribution in [1.82, 2.24) is 4.90 Å². The number of rotatable bonds is 6. The minimum absolute atomic E-state index is 0.414. The molecule has 0 radical (unpaired) electrons. The summed E-state index contributed by atoms with van der Waals surface area (Å²) in [6, 6.07) is 8.40. The zero-order valence-corrected chi connectivity index (χ0v) is 13.9. The van der Waals surface area contributed by atoms with E-state index in [0.717, 1.165) is 36.8 Å². The second-order valence-corrected chi connectivity index (χ2v) is 6.55. The number of nitrogens with two attached hydrogens (primary N) is 1. The highest BCUT2D eigenvalue weighted by Gasteiger charge is 2.21. The first-order chi connectivity index (χ1) is 10.1. The number of ether oxygens (including phenoxy) is 1. The van der Waals surface area contributed by atoms with Crippen molar-refractivity contribution in [3.05, 3.63) is 29.8 Å². The van der Waals surface area contributed by atoms with Gasteiger partial charge in [0.1, 0.15) is 10.7 Å². The van der Waals surface area contributed by atoms with Gasteiger partial charge in [-0.05, 0) is 50.8 Å². The molecule has 2 N–H and O–H groups in total. The Morgan fingerprint density at radius 1 is 1.43 bits per heavy atom. The quantitative estimate of drug-likeness (QED) is 0.647. The van der Waals surface area contributed by atoms with E-state index < -0.39 is 0 Å².